The fourth-order valence-electron chi connectivity index (χ4n) is 1.28. The van der Waals surface area contributed by atoms with Gasteiger partial charge >= 0.3 is 0 Å². The van der Waals surface area contributed by atoms with Gasteiger partial charge in [0.15, 0.2) is 0 Å². The fourth-order valence-corrected chi connectivity index (χ4v) is 1.28. The molecule has 0 radical (unpaired) electrons. The Kier molecular flexibility index (Phi) is 5.94. The molecule has 15 heavy (non-hydrogen) atoms. The summed E-state index contributed by atoms with van der Waals surface area (Å²) in [7, 11) is 0. The van der Waals surface area contributed by atoms with E-state index in [9.17, 15) is 4.79 Å². The van der Waals surface area contributed by atoms with Crippen molar-refractivity contribution in [1.29, 1.82) is 0 Å². The summed E-state index contributed by atoms with van der Waals surface area (Å²) < 4.78 is 0. The first-order chi connectivity index (χ1) is 6.66. The molecule has 2 nitrogen and oxygen atoms in total. The molecule has 0 aliphatic rings. The zero-order chi connectivity index (χ0) is 10.6. The number of anilines is 1. The smallest absolute Gasteiger partial charge is 0.253 e. The summed E-state index contributed by atoms with van der Waals surface area (Å²) in [6.07, 6.45) is 0. The highest BCUT2D eigenvalue weighted by atomic mass is 79.9. The van der Waals surface area contributed by atoms with Crippen LogP contribution >= 0.6 is 17.0 Å². The molecule has 0 heterocycles. The molecule has 0 bridgehead atoms. The molecule has 0 aliphatic carbocycles. The number of hydrogen-bond acceptors (Lipinski definition) is 1. The maximum absolute atomic E-state index is 11.7. The average molecular weight is 270 g/mol. The van der Waals surface area contributed by atoms with Crippen LogP contribution in [0.15, 0.2) is 42.5 Å². The van der Waals surface area contributed by atoms with Crippen LogP contribution in [0.4, 0.5) is 5.69 Å². The van der Waals surface area contributed by atoms with E-state index in [-0.39, 0.29) is 22.9 Å². The number of carbonyl (C=O) groups excluding carboxylic acids is 1. The van der Waals surface area contributed by atoms with Crippen molar-refractivity contribution in [1.82, 2.24) is 0 Å². The molecule has 0 atom stereocenters. The lowest BCUT2D eigenvalue weighted by molar-refractivity contribution is -0.115. The van der Waals surface area contributed by atoms with Crippen LogP contribution < -0.4 is 4.90 Å². The molecule has 0 unspecified atom stereocenters. The first-order valence-electron chi connectivity index (χ1n) is 4.69. The van der Waals surface area contributed by atoms with Crippen molar-refractivity contribution >= 4 is 28.6 Å². The summed E-state index contributed by atoms with van der Waals surface area (Å²) >= 11 is 0. The van der Waals surface area contributed by atoms with E-state index in [0.29, 0.717) is 12.1 Å². The van der Waals surface area contributed by atoms with Gasteiger partial charge in [0.05, 0.1) is 0 Å². The summed E-state index contributed by atoms with van der Waals surface area (Å²) in [5.41, 5.74) is 1.48. The van der Waals surface area contributed by atoms with Crippen LogP contribution in [0.2, 0.25) is 0 Å². The minimum absolute atomic E-state index is 0. The molecule has 0 spiro atoms. The number of nitrogens with zero attached hydrogens (tertiary/aromatic N) is 1. The van der Waals surface area contributed by atoms with Gasteiger partial charge in [-0.15, -0.1) is 17.0 Å². The standard InChI is InChI=1S/C12H15NO.BrH/c1-4-13(12(14)10(2)3)11-8-6-5-7-9-11;/h5-9H,2,4H2,1,3H3;1H. The third kappa shape index (κ3) is 3.51. The van der Waals surface area contributed by atoms with E-state index in [1.807, 2.05) is 37.3 Å². The molecular weight excluding hydrogens is 254 g/mol. The van der Waals surface area contributed by atoms with Gasteiger partial charge in [-0.25, -0.2) is 0 Å². The Labute approximate surface area is 101 Å². The third-order valence-corrected chi connectivity index (χ3v) is 1.99. The highest BCUT2D eigenvalue weighted by molar-refractivity contribution is 8.93. The van der Waals surface area contributed by atoms with Crippen LogP contribution in [0.1, 0.15) is 13.8 Å². The van der Waals surface area contributed by atoms with Crippen molar-refractivity contribution in [3.63, 3.8) is 0 Å². The quantitative estimate of drug-likeness (QED) is 0.772. The Hall–Kier alpha value is -1.09. The Morgan fingerprint density at radius 3 is 2.27 bits per heavy atom. The number of carbonyl (C=O) groups is 1. The van der Waals surface area contributed by atoms with E-state index in [0.717, 1.165) is 5.69 Å². The van der Waals surface area contributed by atoms with Crippen LogP contribution in [0.5, 0.6) is 0 Å². The second-order valence-electron chi connectivity index (χ2n) is 3.17. The molecule has 1 aromatic rings. The van der Waals surface area contributed by atoms with Crippen molar-refractivity contribution in [3.05, 3.63) is 42.5 Å². The van der Waals surface area contributed by atoms with Crippen LogP contribution in [0.3, 0.4) is 0 Å². The highest BCUT2D eigenvalue weighted by Gasteiger charge is 2.13. The number of benzene rings is 1. The van der Waals surface area contributed by atoms with Gasteiger partial charge in [-0.05, 0) is 26.0 Å². The molecule has 82 valence electrons. The molecule has 1 rings (SSSR count). The van der Waals surface area contributed by atoms with Crippen LogP contribution in [0, 0.1) is 0 Å². The van der Waals surface area contributed by atoms with Gasteiger partial charge in [-0.2, -0.15) is 0 Å². The maximum atomic E-state index is 11.7. The minimum Gasteiger partial charge on any atom is -0.309 e. The molecule has 0 fully saturated rings. The lowest BCUT2D eigenvalue weighted by Gasteiger charge is -2.20. The summed E-state index contributed by atoms with van der Waals surface area (Å²) in [6.45, 7) is 8.00. The Morgan fingerprint density at radius 1 is 1.33 bits per heavy atom. The topological polar surface area (TPSA) is 20.3 Å². The molecule has 0 saturated carbocycles. The predicted molar refractivity (Wildman–Crippen MR) is 69.6 cm³/mol. The van der Waals surface area contributed by atoms with E-state index >= 15 is 0 Å². The van der Waals surface area contributed by atoms with Crippen LogP contribution in [-0.4, -0.2) is 12.5 Å². The van der Waals surface area contributed by atoms with Crippen LogP contribution in [-0.2, 0) is 4.79 Å². The second-order valence-corrected chi connectivity index (χ2v) is 3.17. The number of hydrogen-bond donors (Lipinski definition) is 0. The van der Waals surface area contributed by atoms with E-state index in [1.54, 1.807) is 11.8 Å². The first-order valence-corrected chi connectivity index (χ1v) is 4.69. The molecule has 0 aliphatic heterocycles. The summed E-state index contributed by atoms with van der Waals surface area (Å²) in [5.74, 6) is -0.0151. The van der Waals surface area contributed by atoms with Gasteiger partial charge in [-0.3, -0.25) is 4.79 Å². The normalized spacial score (nSPS) is 8.93. The Bertz CT molecular complexity index is 335. The monoisotopic (exact) mass is 269 g/mol. The van der Waals surface area contributed by atoms with E-state index in [2.05, 4.69) is 6.58 Å². The van der Waals surface area contributed by atoms with Crippen molar-refractivity contribution in [2.45, 2.75) is 13.8 Å². The number of likely N-dealkylation sites (N-methyl/N-ethyl adjacent to an activating group) is 1. The molecule has 1 amide bonds. The van der Waals surface area contributed by atoms with Gasteiger partial charge in [0.25, 0.3) is 5.91 Å². The number of amides is 1. The van der Waals surface area contributed by atoms with E-state index < -0.39 is 0 Å². The Balaban J connectivity index is 0.00000196. The van der Waals surface area contributed by atoms with Crippen molar-refractivity contribution in [2.24, 2.45) is 0 Å². The zero-order valence-corrected chi connectivity index (χ0v) is 10.8. The zero-order valence-electron chi connectivity index (χ0n) is 9.06. The van der Waals surface area contributed by atoms with E-state index in [1.165, 1.54) is 0 Å². The first kappa shape index (κ1) is 13.9. The number of para-hydroxylation sites is 1. The van der Waals surface area contributed by atoms with Gasteiger partial charge in [0.2, 0.25) is 0 Å². The fraction of sp³-hybridized carbons (Fsp3) is 0.250. The van der Waals surface area contributed by atoms with Crippen molar-refractivity contribution in [2.75, 3.05) is 11.4 Å². The van der Waals surface area contributed by atoms with Gasteiger partial charge < -0.3 is 4.90 Å². The van der Waals surface area contributed by atoms with Crippen LogP contribution in [0.25, 0.3) is 0 Å². The van der Waals surface area contributed by atoms with E-state index in [4.69, 9.17) is 0 Å². The van der Waals surface area contributed by atoms with Gasteiger partial charge in [-0.1, -0.05) is 24.8 Å². The highest BCUT2D eigenvalue weighted by Crippen LogP contribution is 2.14. The molecule has 3 heteroatoms. The van der Waals surface area contributed by atoms with Crippen molar-refractivity contribution in [3.8, 4) is 0 Å². The minimum atomic E-state index is -0.0151. The lowest BCUT2D eigenvalue weighted by Crippen LogP contribution is -2.30. The maximum Gasteiger partial charge on any atom is 0.253 e. The van der Waals surface area contributed by atoms with Crippen molar-refractivity contribution < 1.29 is 4.79 Å². The summed E-state index contributed by atoms with van der Waals surface area (Å²) in [4.78, 5) is 13.4. The SMILES string of the molecule is Br.C=C(C)C(=O)N(CC)c1ccccc1. The lowest BCUT2D eigenvalue weighted by atomic mass is 10.2. The third-order valence-electron chi connectivity index (χ3n) is 1.99. The molecule has 0 aromatic heterocycles. The van der Waals surface area contributed by atoms with Gasteiger partial charge in [0.1, 0.15) is 0 Å². The predicted octanol–water partition coefficient (Wildman–Crippen LogP) is 3.19. The molecule has 0 saturated heterocycles. The second kappa shape index (κ2) is 6.40. The number of rotatable bonds is 3. The Morgan fingerprint density at radius 2 is 1.87 bits per heavy atom. The average Bonchev–Trinajstić information content (AvgIpc) is 2.20. The number of halogens is 1. The summed E-state index contributed by atoms with van der Waals surface area (Å²) in [6, 6.07) is 9.62. The summed E-state index contributed by atoms with van der Waals surface area (Å²) in [5, 5.41) is 0. The molecular formula is C12H16BrNO. The largest absolute Gasteiger partial charge is 0.309 e. The van der Waals surface area contributed by atoms with Gasteiger partial charge in [0, 0.05) is 17.8 Å². The molecule has 1 aromatic carbocycles. The molecule has 0 N–H and O–H groups in total.